The van der Waals surface area contributed by atoms with E-state index in [1.807, 2.05) is 6.07 Å². The van der Waals surface area contributed by atoms with Crippen molar-refractivity contribution in [3.05, 3.63) is 45.2 Å². The summed E-state index contributed by atoms with van der Waals surface area (Å²) < 4.78 is 1.78. The maximum Gasteiger partial charge on any atom is 0.356 e. The summed E-state index contributed by atoms with van der Waals surface area (Å²) in [7, 11) is 0. The smallest absolute Gasteiger partial charge is 0.356 e. The normalized spacial score (nSPS) is 24.9. The Labute approximate surface area is 144 Å². The van der Waals surface area contributed by atoms with Crippen molar-refractivity contribution in [2.45, 2.75) is 43.9 Å². The first-order valence-electron chi connectivity index (χ1n) is 7.79. The topological polar surface area (TPSA) is 55.1 Å². The minimum atomic E-state index is -0.959. The molecule has 0 spiro atoms. The van der Waals surface area contributed by atoms with E-state index in [9.17, 15) is 9.90 Å². The summed E-state index contributed by atoms with van der Waals surface area (Å²) in [6, 6.07) is 5.31. The maximum absolute atomic E-state index is 11.7. The standard InChI is InChI=1S/C17H16Cl2N2O2/c1-2-17-6-5-9(8-17)13-14(16(22)23)20-21(15(13)17)10-3-4-11(18)12(19)7-10/h3-4,7,9H,2,5-6,8H2,1H3,(H,22,23). The Morgan fingerprint density at radius 3 is 2.87 bits per heavy atom. The molecule has 1 N–H and O–H groups in total. The van der Waals surface area contributed by atoms with Gasteiger partial charge < -0.3 is 5.11 Å². The summed E-state index contributed by atoms with van der Waals surface area (Å²) in [6.07, 6.45) is 4.16. The Morgan fingerprint density at radius 1 is 1.43 bits per heavy atom. The van der Waals surface area contributed by atoms with Crippen LogP contribution in [0.15, 0.2) is 18.2 Å². The van der Waals surface area contributed by atoms with Gasteiger partial charge in [0, 0.05) is 11.0 Å². The monoisotopic (exact) mass is 350 g/mol. The fraction of sp³-hybridized carbons (Fsp3) is 0.412. The molecule has 1 aromatic carbocycles. The van der Waals surface area contributed by atoms with Gasteiger partial charge in [-0.05, 0) is 49.8 Å². The van der Waals surface area contributed by atoms with E-state index in [-0.39, 0.29) is 11.1 Å². The average molecular weight is 351 g/mol. The maximum atomic E-state index is 11.7. The zero-order valence-corrected chi connectivity index (χ0v) is 14.2. The summed E-state index contributed by atoms with van der Waals surface area (Å²) in [5.41, 5.74) is 2.98. The van der Waals surface area contributed by atoms with Crippen molar-refractivity contribution >= 4 is 29.2 Å². The molecule has 2 unspecified atom stereocenters. The Bertz CT molecular complexity index is 830. The van der Waals surface area contributed by atoms with E-state index < -0.39 is 5.97 Å². The van der Waals surface area contributed by atoms with Crippen LogP contribution in [0.4, 0.5) is 0 Å². The summed E-state index contributed by atoms with van der Waals surface area (Å²) in [5, 5.41) is 14.9. The van der Waals surface area contributed by atoms with Gasteiger partial charge in [0.15, 0.2) is 5.69 Å². The summed E-state index contributed by atoms with van der Waals surface area (Å²) in [5.74, 6) is -0.647. The summed E-state index contributed by atoms with van der Waals surface area (Å²) in [6.45, 7) is 2.17. The lowest BCUT2D eigenvalue weighted by Gasteiger charge is -2.27. The van der Waals surface area contributed by atoms with E-state index in [0.29, 0.717) is 16.0 Å². The van der Waals surface area contributed by atoms with E-state index in [2.05, 4.69) is 12.0 Å². The number of halogens is 2. The molecule has 2 bridgehead atoms. The van der Waals surface area contributed by atoms with Crippen LogP contribution < -0.4 is 0 Å². The molecule has 1 fully saturated rings. The third-order valence-corrected chi connectivity index (χ3v) is 6.21. The van der Waals surface area contributed by atoms with Crippen LogP contribution in [0, 0.1) is 0 Å². The van der Waals surface area contributed by atoms with Crippen LogP contribution in [-0.4, -0.2) is 20.9 Å². The van der Waals surface area contributed by atoms with Crippen LogP contribution in [0.2, 0.25) is 10.0 Å². The van der Waals surface area contributed by atoms with Crippen molar-refractivity contribution in [3.63, 3.8) is 0 Å². The summed E-state index contributed by atoms with van der Waals surface area (Å²) in [4.78, 5) is 11.7. The lowest BCUT2D eigenvalue weighted by atomic mass is 9.80. The van der Waals surface area contributed by atoms with Crippen molar-refractivity contribution in [1.82, 2.24) is 9.78 Å². The van der Waals surface area contributed by atoms with E-state index in [0.717, 1.165) is 42.6 Å². The molecule has 23 heavy (non-hydrogen) atoms. The number of aromatic carboxylic acids is 1. The van der Waals surface area contributed by atoms with Crippen LogP contribution in [0.3, 0.4) is 0 Å². The molecule has 120 valence electrons. The lowest BCUT2D eigenvalue weighted by molar-refractivity contribution is 0.0688. The molecular weight excluding hydrogens is 335 g/mol. The van der Waals surface area contributed by atoms with Gasteiger partial charge in [-0.2, -0.15) is 5.10 Å². The Morgan fingerprint density at radius 2 is 2.22 bits per heavy atom. The highest BCUT2D eigenvalue weighted by Crippen LogP contribution is 2.60. The predicted molar refractivity (Wildman–Crippen MR) is 89.1 cm³/mol. The van der Waals surface area contributed by atoms with Gasteiger partial charge in [-0.15, -0.1) is 0 Å². The molecule has 1 saturated carbocycles. The van der Waals surface area contributed by atoms with E-state index in [4.69, 9.17) is 23.2 Å². The van der Waals surface area contributed by atoms with Crippen molar-refractivity contribution in [3.8, 4) is 5.69 Å². The SMILES string of the molecule is CCC12CCC(C1)c1c(C(=O)O)nn(-c3ccc(Cl)c(Cl)c3)c12. The molecule has 2 aliphatic rings. The van der Waals surface area contributed by atoms with Gasteiger partial charge in [0.2, 0.25) is 0 Å². The van der Waals surface area contributed by atoms with Gasteiger partial charge in [-0.3, -0.25) is 0 Å². The first-order valence-corrected chi connectivity index (χ1v) is 8.54. The zero-order chi connectivity index (χ0) is 16.4. The van der Waals surface area contributed by atoms with E-state index >= 15 is 0 Å². The van der Waals surface area contributed by atoms with Crippen LogP contribution in [0.1, 0.15) is 60.3 Å². The van der Waals surface area contributed by atoms with Crippen LogP contribution >= 0.6 is 23.2 Å². The number of aromatic nitrogens is 2. The third kappa shape index (κ3) is 1.98. The molecule has 6 heteroatoms. The molecule has 2 aromatic rings. The fourth-order valence-corrected chi connectivity index (χ4v) is 4.66. The number of benzene rings is 1. The number of rotatable bonds is 3. The number of carbonyl (C=O) groups is 1. The number of carboxylic acid groups (broad SMARTS) is 1. The predicted octanol–water partition coefficient (Wildman–Crippen LogP) is 4.81. The van der Waals surface area contributed by atoms with Gasteiger partial charge >= 0.3 is 5.97 Å². The Kier molecular flexibility index (Phi) is 3.26. The molecule has 0 saturated heterocycles. The van der Waals surface area contributed by atoms with Crippen LogP contribution in [-0.2, 0) is 5.41 Å². The first kappa shape index (κ1) is 15.0. The molecule has 1 heterocycles. The second kappa shape index (κ2) is 4.99. The molecule has 2 aliphatic carbocycles. The molecule has 0 amide bonds. The lowest BCUT2D eigenvalue weighted by Crippen LogP contribution is -2.23. The van der Waals surface area contributed by atoms with Gasteiger partial charge in [-0.1, -0.05) is 30.1 Å². The van der Waals surface area contributed by atoms with Crippen molar-refractivity contribution in [2.24, 2.45) is 0 Å². The van der Waals surface area contributed by atoms with Crippen molar-refractivity contribution < 1.29 is 9.90 Å². The molecular formula is C17H16Cl2N2O2. The minimum absolute atomic E-state index is 0.0345. The van der Waals surface area contributed by atoms with Gasteiger partial charge in [-0.25, -0.2) is 9.48 Å². The molecule has 1 aromatic heterocycles. The number of carboxylic acids is 1. The van der Waals surface area contributed by atoms with Crippen molar-refractivity contribution in [1.29, 1.82) is 0 Å². The first-order chi connectivity index (χ1) is 11.0. The number of nitrogens with zero attached hydrogens (tertiary/aromatic N) is 2. The average Bonchev–Trinajstić information content (AvgIpc) is 3.19. The van der Waals surface area contributed by atoms with Gasteiger partial charge in [0.1, 0.15) is 0 Å². The zero-order valence-electron chi connectivity index (χ0n) is 12.6. The molecule has 4 rings (SSSR count). The molecule has 2 atom stereocenters. The third-order valence-electron chi connectivity index (χ3n) is 5.47. The van der Waals surface area contributed by atoms with Crippen molar-refractivity contribution in [2.75, 3.05) is 0 Å². The van der Waals surface area contributed by atoms with Crippen LogP contribution in [0.5, 0.6) is 0 Å². The second-order valence-electron chi connectivity index (χ2n) is 6.50. The fourth-order valence-electron chi connectivity index (χ4n) is 4.37. The van der Waals surface area contributed by atoms with E-state index in [1.165, 1.54) is 0 Å². The van der Waals surface area contributed by atoms with Gasteiger partial charge in [0.05, 0.1) is 21.4 Å². The minimum Gasteiger partial charge on any atom is -0.476 e. The Balaban J connectivity index is 1.99. The highest BCUT2D eigenvalue weighted by molar-refractivity contribution is 6.42. The quantitative estimate of drug-likeness (QED) is 0.864. The largest absolute Gasteiger partial charge is 0.476 e. The molecule has 0 radical (unpaired) electrons. The van der Waals surface area contributed by atoms with Crippen LogP contribution in [0.25, 0.3) is 5.69 Å². The molecule has 0 aliphatic heterocycles. The summed E-state index contributed by atoms with van der Waals surface area (Å²) >= 11 is 12.1. The highest BCUT2D eigenvalue weighted by atomic mass is 35.5. The molecule has 4 nitrogen and oxygen atoms in total. The highest BCUT2D eigenvalue weighted by Gasteiger charge is 2.53. The second-order valence-corrected chi connectivity index (χ2v) is 7.31. The number of fused-ring (bicyclic) bond motifs is 5. The Hall–Kier alpha value is -1.52. The number of hydrogen-bond donors (Lipinski definition) is 1. The number of hydrogen-bond acceptors (Lipinski definition) is 2. The van der Waals surface area contributed by atoms with E-state index in [1.54, 1.807) is 16.8 Å². The van der Waals surface area contributed by atoms with Gasteiger partial charge in [0.25, 0.3) is 0 Å².